The fraction of sp³-hybridized carbons (Fsp3) is 0.188. The molecule has 2 aromatic carbocycles. The first-order valence-electron chi connectivity index (χ1n) is 6.32. The molecule has 0 radical (unpaired) electrons. The van der Waals surface area contributed by atoms with Crippen molar-refractivity contribution in [2.75, 3.05) is 13.7 Å². The van der Waals surface area contributed by atoms with Crippen LogP contribution in [0.2, 0.25) is 0 Å². The van der Waals surface area contributed by atoms with Gasteiger partial charge in [-0.25, -0.2) is 0 Å². The minimum atomic E-state index is -0.245. The first-order chi connectivity index (χ1) is 9.70. The number of hydrogen-bond donors (Lipinski definition) is 1. The number of rotatable bonds is 5. The van der Waals surface area contributed by atoms with Gasteiger partial charge in [-0.3, -0.25) is 4.79 Å². The van der Waals surface area contributed by atoms with Gasteiger partial charge in [0, 0.05) is 12.1 Å². The zero-order chi connectivity index (χ0) is 14.4. The molecule has 2 aromatic rings. The Bertz CT molecular complexity index is 572. The number of halogens is 1. The second kappa shape index (κ2) is 6.96. The molecule has 20 heavy (non-hydrogen) atoms. The maximum absolute atomic E-state index is 12.0. The summed E-state index contributed by atoms with van der Waals surface area (Å²) in [6, 6.07) is 16.7. The molecular weight excluding hydrogens is 274 g/mol. The van der Waals surface area contributed by atoms with Crippen molar-refractivity contribution in [3.8, 4) is 5.75 Å². The Kier molecular flexibility index (Phi) is 5.02. The van der Waals surface area contributed by atoms with Crippen molar-refractivity contribution in [1.82, 2.24) is 5.32 Å². The Morgan fingerprint density at radius 3 is 2.65 bits per heavy atom. The Labute approximate surface area is 123 Å². The standard InChI is InChI=1S/C16H16ClNO2/c1-20-14-9-5-8-13(10-14)16(19)18-11-15(17)12-6-3-2-4-7-12/h2-10,15H,11H2,1H3,(H,18,19). The Morgan fingerprint density at radius 2 is 1.95 bits per heavy atom. The second-order valence-electron chi connectivity index (χ2n) is 4.32. The summed E-state index contributed by atoms with van der Waals surface area (Å²) in [7, 11) is 1.57. The molecule has 1 atom stereocenters. The lowest BCUT2D eigenvalue weighted by atomic mass is 10.1. The van der Waals surface area contributed by atoms with Crippen LogP contribution in [0.15, 0.2) is 54.6 Å². The number of carbonyl (C=O) groups is 1. The molecule has 3 nitrogen and oxygen atoms in total. The fourth-order valence-corrected chi connectivity index (χ4v) is 2.05. The first kappa shape index (κ1) is 14.4. The first-order valence-corrected chi connectivity index (χ1v) is 6.75. The molecule has 0 aliphatic heterocycles. The molecule has 0 spiro atoms. The zero-order valence-electron chi connectivity index (χ0n) is 11.2. The van der Waals surface area contributed by atoms with Crippen molar-refractivity contribution in [3.05, 3.63) is 65.7 Å². The van der Waals surface area contributed by atoms with Gasteiger partial charge < -0.3 is 10.1 Å². The van der Waals surface area contributed by atoms with Gasteiger partial charge >= 0.3 is 0 Å². The highest BCUT2D eigenvalue weighted by Crippen LogP contribution is 2.19. The van der Waals surface area contributed by atoms with Crippen LogP contribution in [0.4, 0.5) is 0 Å². The van der Waals surface area contributed by atoms with Crippen LogP contribution >= 0.6 is 11.6 Å². The number of methoxy groups -OCH3 is 1. The fourth-order valence-electron chi connectivity index (χ4n) is 1.83. The van der Waals surface area contributed by atoms with Crippen molar-refractivity contribution >= 4 is 17.5 Å². The minimum Gasteiger partial charge on any atom is -0.497 e. The third kappa shape index (κ3) is 3.75. The highest BCUT2D eigenvalue weighted by Gasteiger charge is 2.11. The third-order valence-corrected chi connectivity index (χ3v) is 3.34. The average molecular weight is 290 g/mol. The summed E-state index contributed by atoms with van der Waals surface area (Å²) in [5, 5.41) is 2.58. The number of amides is 1. The summed E-state index contributed by atoms with van der Waals surface area (Å²) in [6.07, 6.45) is 0. The summed E-state index contributed by atoms with van der Waals surface area (Å²) < 4.78 is 5.09. The molecule has 104 valence electrons. The maximum Gasteiger partial charge on any atom is 0.251 e. The topological polar surface area (TPSA) is 38.3 Å². The van der Waals surface area contributed by atoms with Crippen LogP contribution < -0.4 is 10.1 Å². The van der Waals surface area contributed by atoms with E-state index < -0.39 is 0 Å². The molecule has 0 heterocycles. The van der Waals surface area contributed by atoms with E-state index in [0.717, 1.165) is 5.56 Å². The van der Waals surface area contributed by atoms with Crippen LogP contribution in [0.1, 0.15) is 21.3 Å². The normalized spacial score (nSPS) is 11.7. The number of nitrogens with one attached hydrogen (secondary N) is 1. The lowest BCUT2D eigenvalue weighted by Gasteiger charge is -2.11. The van der Waals surface area contributed by atoms with Gasteiger partial charge in [0.05, 0.1) is 12.5 Å². The maximum atomic E-state index is 12.0. The van der Waals surface area contributed by atoms with Gasteiger partial charge in [-0.05, 0) is 23.8 Å². The van der Waals surface area contributed by atoms with E-state index in [1.165, 1.54) is 0 Å². The summed E-state index contributed by atoms with van der Waals surface area (Å²) in [6.45, 7) is 0.377. The van der Waals surface area contributed by atoms with E-state index in [9.17, 15) is 4.79 Å². The molecule has 1 amide bonds. The third-order valence-electron chi connectivity index (χ3n) is 2.94. The molecule has 1 unspecified atom stereocenters. The van der Waals surface area contributed by atoms with Gasteiger partial charge in [0.2, 0.25) is 0 Å². The SMILES string of the molecule is COc1cccc(C(=O)NCC(Cl)c2ccccc2)c1. The zero-order valence-corrected chi connectivity index (χ0v) is 11.9. The second-order valence-corrected chi connectivity index (χ2v) is 4.85. The Morgan fingerprint density at radius 1 is 1.20 bits per heavy atom. The van der Waals surface area contributed by atoms with Crippen molar-refractivity contribution in [1.29, 1.82) is 0 Å². The quantitative estimate of drug-likeness (QED) is 0.857. The lowest BCUT2D eigenvalue weighted by Crippen LogP contribution is -2.26. The van der Waals surface area contributed by atoms with Crippen LogP contribution in [-0.4, -0.2) is 19.6 Å². The predicted molar refractivity (Wildman–Crippen MR) is 80.4 cm³/mol. The highest BCUT2D eigenvalue weighted by atomic mass is 35.5. The van der Waals surface area contributed by atoms with Crippen molar-refractivity contribution in [3.63, 3.8) is 0 Å². The van der Waals surface area contributed by atoms with E-state index in [1.807, 2.05) is 30.3 Å². The van der Waals surface area contributed by atoms with Crippen LogP contribution in [0.5, 0.6) is 5.75 Å². The molecule has 0 aliphatic rings. The van der Waals surface area contributed by atoms with Crippen LogP contribution in [0.25, 0.3) is 0 Å². The van der Waals surface area contributed by atoms with Gasteiger partial charge in [0.25, 0.3) is 5.91 Å². The summed E-state index contributed by atoms with van der Waals surface area (Å²) in [4.78, 5) is 12.0. The summed E-state index contributed by atoms with van der Waals surface area (Å²) in [5.74, 6) is 0.494. The van der Waals surface area contributed by atoms with E-state index in [-0.39, 0.29) is 11.3 Å². The van der Waals surface area contributed by atoms with Crippen molar-refractivity contribution < 1.29 is 9.53 Å². The molecule has 0 aromatic heterocycles. The molecule has 0 fully saturated rings. The van der Waals surface area contributed by atoms with E-state index in [0.29, 0.717) is 17.9 Å². The molecular formula is C16H16ClNO2. The van der Waals surface area contributed by atoms with E-state index in [4.69, 9.17) is 16.3 Å². The molecule has 0 saturated carbocycles. The predicted octanol–water partition coefficient (Wildman–Crippen LogP) is 3.41. The molecule has 2 rings (SSSR count). The Hall–Kier alpha value is -2.00. The van der Waals surface area contributed by atoms with Crippen LogP contribution in [0, 0.1) is 0 Å². The largest absolute Gasteiger partial charge is 0.497 e. The summed E-state index contributed by atoms with van der Waals surface area (Å²) >= 11 is 6.26. The average Bonchev–Trinajstić information content (AvgIpc) is 2.53. The molecule has 0 bridgehead atoms. The lowest BCUT2D eigenvalue weighted by molar-refractivity contribution is 0.0953. The van der Waals surface area contributed by atoms with E-state index >= 15 is 0 Å². The molecule has 0 saturated heterocycles. The molecule has 4 heteroatoms. The van der Waals surface area contributed by atoms with Gasteiger partial charge in [0.15, 0.2) is 0 Å². The van der Waals surface area contributed by atoms with Gasteiger partial charge in [-0.1, -0.05) is 36.4 Å². The summed E-state index contributed by atoms with van der Waals surface area (Å²) in [5.41, 5.74) is 1.54. The van der Waals surface area contributed by atoms with Crippen LogP contribution in [-0.2, 0) is 0 Å². The van der Waals surface area contributed by atoms with Gasteiger partial charge in [-0.2, -0.15) is 0 Å². The number of carbonyl (C=O) groups excluding carboxylic acids is 1. The molecule has 0 aliphatic carbocycles. The van der Waals surface area contributed by atoms with E-state index in [2.05, 4.69) is 5.32 Å². The Balaban J connectivity index is 1.95. The van der Waals surface area contributed by atoms with Crippen LogP contribution in [0.3, 0.4) is 0 Å². The highest BCUT2D eigenvalue weighted by molar-refractivity contribution is 6.21. The number of benzene rings is 2. The van der Waals surface area contributed by atoms with Crippen molar-refractivity contribution in [2.24, 2.45) is 0 Å². The number of alkyl halides is 1. The number of hydrogen-bond acceptors (Lipinski definition) is 2. The monoisotopic (exact) mass is 289 g/mol. The smallest absolute Gasteiger partial charge is 0.251 e. The van der Waals surface area contributed by atoms with Gasteiger partial charge in [-0.15, -0.1) is 11.6 Å². The van der Waals surface area contributed by atoms with Crippen molar-refractivity contribution in [2.45, 2.75) is 5.38 Å². The number of ether oxygens (including phenoxy) is 1. The van der Waals surface area contributed by atoms with E-state index in [1.54, 1.807) is 31.4 Å². The minimum absolute atomic E-state index is 0.162. The molecule has 1 N–H and O–H groups in total. The van der Waals surface area contributed by atoms with Gasteiger partial charge in [0.1, 0.15) is 5.75 Å².